The van der Waals surface area contributed by atoms with Gasteiger partial charge in [-0.15, -0.1) is 0 Å². The van der Waals surface area contributed by atoms with Gasteiger partial charge in [-0.1, -0.05) is 18.7 Å². The Morgan fingerprint density at radius 2 is 1.92 bits per heavy atom. The van der Waals surface area contributed by atoms with Crippen molar-refractivity contribution in [1.82, 2.24) is 19.4 Å². The van der Waals surface area contributed by atoms with E-state index in [0.29, 0.717) is 11.6 Å². The first-order valence-corrected chi connectivity index (χ1v) is 12.2. The number of hydrogen-bond acceptors (Lipinski definition) is 7. The predicted octanol–water partition coefficient (Wildman–Crippen LogP) is 4.26. The Labute approximate surface area is 216 Å². The van der Waals surface area contributed by atoms with E-state index in [1.807, 2.05) is 54.3 Å². The van der Waals surface area contributed by atoms with Gasteiger partial charge in [-0.25, -0.2) is 9.97 Å². The van der Waals surface area contributed by atoms with Gasteiger partial charge in [0.1, 0.15) is 11.3 Å². The van der Waals surface area contributed by atoms with Crippen molar-refractivity contribution in [2.45, 2.75) is 0 Å². The first kappa shape index (κ1) is 24.3. The zero-order chi connectivity index (χ0) is 25.9. The Kier molecular flexibility index (Phi) is 6.78. The summed E-state index contributed by atoms with van der Waals surface area (Å²) in [6.45, 7) is 7.57. The summed E-state index contributed by atoms with van der Waals surface area (Å²) in [7, 11) is 5.79. The lowest BCUT2D eigenvalue weighted by Crippen LogP contribution is -2.44. The fourth-order valence-electron chi connectivity index (χ4n) is 4.55. The number of nitrogens with one attached hydrogen (secondary N) is 2. The number of carbonyl (C=O) groups excluding carboxylic acids is 1. The van der Waals surface area contributed by atoms with Crippen LogP contribution >= 0.6 is 0 Å². The summed E-state index contributed by atoms with van der Waals surface area (Å²) in [6.07, 6.45) is 5.08. The van der Waals surface area contributed by atoms with Crippen molar-refractivity contribution in [1.29, 1.82) is 0 Å². The quantitative estimate of drug-likeness (QED) is 0.369. The third kappa shape index (κ3) is 5.12. The van der Waals surface area contributed by atoms with Crippen LogP contribution in [0.5, 0.6) is 5.75 Å². The third-order valence-electron chi connectivity index (χ3n) is 6.65. The summed E-state index contributed by atoms with van der Waals surface area (Å²) in [5.74, 6) is 0.956. The second-order valence-corrected chi connectivity index (χ2v) is 9.16. The average molecular weight is 498 g/mol. The number of hydrogen-bond donors (Lipinski definition) is 2. The van der Waals surface area contributed by atoms with Gasteiger partial charge in [-0.2, -0.15) is 0 Å². The summed E-state index contributed by atoms with van der Waals surface area (Å²) in [4.78, 5) is 25.9. The van der Waals surface area contributed by atoms with Crippen LogP contribution in [-0.2, 0) is 11.8 Å². The van der Waals surface area contributed by atoms with E-state index in [-0.39, 0.29) is 5.91 Å². The summed E-state index contributed by atoms with van der Waals surface area (Å²) in [5.41, 5.74) is 6.21. The summed E-state index contributed by atoms with van der Waals surface area (Å²) in [5, 5.41) is 6.15. The van der Waals surface area contributed by atoms with E-state index in [0.717, 1.165) is 65.5 Å². The highest BCUT2D eigenvalue weighted by Gasteiger charge is 2.17. The van der Waals surface area contributed by atoms with Crippen molar-refractivity contribution in [2.24, 2.45) is 7.05 Å². The van der Waals surface area contributed by atoms with Crippen molar-refractivity contribution < 1.29 is 9.53 Å². The first-order valence-electron chi connectivity index (χ1n) is 12.2. The highest BCUT2D eigenvalue weighted by atomic mass is 16.5. The molecule has 0 bridgehead atoms. The maximum Gasteiger partial charge on any atom is 0.247 e. The van der Waals surface area contributed by atoms with E-state index in [9.17, 15) is 4.79 Å². The van der Waals surface area contributed by atoms with E-state index in [1.54, 1.807) is 7.11 Å². The number of benzene rings is 2. The number of ether oxygens (including phenoxy) is 1. The molecule has 4 aromatic rings. The minimum Gasteiger partial charge on any atom is -0.494 e. The van der Waals surface area contributed by atoms with Crippen LogP contribution in [0.4, 0.5) is 23.0 Å². The van der Waals surface area contributed by atoms with Crippen molar-refractivity contribution in [3.63, 3.8) is 0 Å². The number of fused-ring (bicyclic) bond motifs is 1. The van der Waals surface area contributed by atoms with Gasteiger partial charge in [0.2, 0.25) is 11.9 Å². The molecule has 0 spiro atoms. The van der Waals surface area contributed by atoms with Crippen molar-refractivity contribution >= 4 is 40.0 Å². The predicted molar refractivity (Wildman–Crippen MR) is 149 cm³/mol. The van der Waals surface area contributed by atoms with E-state index in [2.05, 4.69) is 51.2 Å². The number of likely N-dealkylation sites (N-methyl/N-ethyl adjacent to an activating group) is 1. The van der Waals surface area contributed by atoms with Gasteiger partial charge in [0.15, 0.2) is 0 Å². The lowest BCUT2D eigenvalue weighted by molar-refractivity contribution is -0.111. The van der Waals surface area contributed by atoms with Gasteiger partial charge in [0, 0.05) is 62.4 Å². The van der Waals surface area contributed by atoms with Gasteiger partial charge >= 0.3 is 0 Å². The molecule has 2 aromatic heterocycles. The Bertz CT molecular complexity index is 1450. The smallest absolute Gasteiger partial charge is 0.247 e. The van der Waals surface area contributed by atoms with Crippen LogP contribution in [-0.4, -0.2) is 65.7 Å². The lowest BCUT2D eigenvalue weighted by Gasteiger charge is -2.34. The molecule has 0 radical (unpaired) electrons. The van der Waals surface area contributed by atoms with Crippen LogP contribution in [0, 0.1) is 0 Å². The minimum atomic E-state index is -0.253. The molecule has 2 N–H and O–H groups in total. The standard InChI is InChI=1S/C28H31N7O2/c1-5-26(36)30-20-8-6-7-19(15-20)22-18-34(3)24-17-29-28(32-27(22)24)31-23-10-9-21(16-25(23)37-4)35-13-11-33(2)12-14-35/h5-10,15-18H,1,11-14H2,2-4H3,(H,30,36)(H,29,31,32). The van der Waals surface area contributed by atoms with E-state index in [1.165, 1.54) is 6.08 Å². The first-order chi connectivity index (χ1) is 17.9. The SMILES string of the molecule is C=CC(=O)Nc1cccc(-c2cn(C)c3cnc(Nc4ccc(N5CCN(C)CC5)cc4OC)nc23)c1. The molecule has 37 heavy (non-hydrogen) atoms. The highest BCUT2D eigenvalue weighted by molar-refractivity contribution is 6.00. The third-order valence-corrected chi connectivity index (χ3v) is 6.65. The highest BCUT2D eigenvalue weighted by Crippen LogP contribution is 2.34. The molecule has 1 saturated heterocycles. The Morgan fingerprint density at radius 3 is 2.68 bits per heavy atom. The van der Waals surface area contributed by atoms with Crippen molar-refractivity contribution in [3.05, 3.63) is 67.5 Å². The zero-order valence-corrected chi connectivity index (χ0v) is 21.4. The molecule has 1 aliphatic heterocycles. The molecule has 5 rings (SSSR count). The fourth-order valence-corrected chi connectivity index (χ4v) is 4.55. The summed E-state index contributed by atoms with van der Waals surface area (Å²) in [6, 6.07) is 13.8. The van der Waals surface area contributed by atoms with Crippen LogP contribution in [0.25, 0.3) is 22.2 Å². The number of carbonyl (C=O) groups is 1. The zero-order valence-electron chi connectivity index (χ0n) is 21.4. The van der Waals surface area contributed by atoms with Crippen LogP contribution in [0.3, 0.4) is 0 Å². The number of aromatic nitrogens is 3. The van der Waals surface area contributed by atoms with Gasteiger partial charge in [0.25, 0.3) is 0 Å². The lowest BCUT2D eigenvalue weighted by atomic mass is 10.1. The van der Waals surface area contributed by atoms with Crippen molar-refractivity contribution in [2.75, 3.05) is 55.9 Å². The maximum absolute atomic E-state index is 11.8. The largest absolute Gasteiger partial charge is 0.494 e. The molecule has 9 heteroatoms. The Morgan fingerprint density at radius 1 is 1.11 bits per heavy atom. The van der Waals surface area contributed by atoms with E-state index in [4.69, 9.17) is 9.72 Å². The topological polar surface area (TPSA) is 87.6 Å². The molecule has 0 saturated carbocycles. The van der Waals surface area contributed by atoms with E-state index < -0.39 is 0 Å². The summed E-state index contributed by atoms with van der Waals surface area (Å²) < 4.78 is 7.70. The van der Waals surface area contributed by atoms with Gasteiger partial charge in [-0.3, -0.25) is 4.79 Å². The molecule has 0 aliphatic carbocycles. The van der Waals surface area contributed by atoms with Crippen LogP contribution in [0.15, 0.2) is 67.5 Å². The number of rotatable bonds is 7. The Balaban J connectivity index is 1.44. The van der Waals surface area contributed by atoms with Crippen molar-refractivity contribution in [3.8, 4) is 16.9 Å². The summed E-state index contributed by atoms with van der Waals surface area (Å²) >= 11 is 0. The second-order valence-electron chi connectivity index (χ2n) is 9.16. The molecule has 2 aromatic carbocycles. The monoisotopic (exact) mass is 497 g/mol. The molecule has 1 aliphatic rings. The molecule has 0 unspecified atom stereocenters. The molecular weight excluding hydrogens is 466 g/mol. The number of anilines is 4. The molecule has 9 nitrogen and oxygen atoms in total. The van der Waals surface area contributed by atoms with Gasteiger partial charge in [0.05, 0.1) is 24.5 Å². The van der Waals surface area contributed by atoms with E-state index >= 15 is 0 Å². The molecule has 3 heterocycles. The molecule has 1 fully saturated rings. The average Bonchev–Trinajstić information content (AvgIpc) is 3.25. The fraction of sp³-hybridized carbons (Fsp3) is 0.250. The number of aryl methyl sites for hydroxylation is 1. The normalized spacial score (nSPS) is 14.0. The van der Waals surface area contributed by atoms with Gasteiger partial charge in [-0.05, 0) is 43.0 Å². The minimum absolute atomic E-state index is 0.253. The molecular formula is C28H31N7O2. The number of methoxy groups -OCH3 is 1. The van der Waals surface area contributed by atoms with Crippen LogP contribution in [0.2, 0.25) is 0 Å². The Hall–Kier alpha value is -4.37. The number of nitrogens with zero attached hydrogens (tertiary/aromatic N) is 5. The van der Waals surface area contributed by atoms with Crippen LogP contribution in [0.1, 0.15) is 0 Å². The maximum atomic E-state index is 11.8. The number of piperazine rings is 1. The number of amides is 1. The van der Waals surface area contributed by atoms with Crippen LogP contribution < -0.4 is 20.3 Å². The molecule has 0 atom stereocenters. The second kappa shape index (κ2) is 10.3. The van der Waals surface area contributed by atoms with Gasteiger partial charge < -0.3 is 29.7 Å². The molecule has 1 amide bonds. The molecule has 190 valence electrons.